The van der Waals surface area contributed by atoms with Crippen molar-refractivity contribution in [1.29, 1.82) is 0 Å². The van der Waals surface area contributed by atoms with Crippen LogP contribution >= 0.6 is 0 Å². The molecule has 25 heteroatoms. The first-order valence-corrected chi connectivity index (χ1v) is 31.8. The fourth-order valence-electron chi connectivity index (χ4n) is 14.8. The summed E-state index contributed by atoms with van der Waals surface area (Å²) in [5, 5.41) is 51.6. The molecule has 0 aromatic heterocycles. The van der Waals surface area contributed by atoms with Gasteiger partial charge in [-0.2, -0.15) is 26.3 Å². The smallest absolute Gasteiger partial charge is 0.402 e. The number of rotatable bonds is 16. The lowest BCUT2D eigenvalue weighted by Gasteiger charge is -2.34. The third-order valence-electron chi connectivity index (χ3n) is 20.5. The number of halogens is 6. The molecule has 512 valence electrons. The van der Waals surface area contributed by atoms with Gasteiger partial charge >= 0.3 is 12.4 Å². The summed E-state index contributed by atoms with van der Waals surface area (Å²) in [4.78, 5) is 108. The third kappa shape index (κ3) is 11.3. The highest BCUT2D eigenvalue weighted by atomic mass is 19.4. The van der Waals surface area contributed by atoms with Gasteiger partial charge in [0.2, 0.25) is 23.6 Å². The molecule has 101 heavy (non-hydrogen) atoms. The molecule has 0 radical (unpaired) electrons. The summed E-state index contributed by atoms with van der Waals surface area (Å²) in [6.45, 7) is 1.67. The largest absolute Gasteiger partial charge is 0.506 e. The molecule has 7 N–H and O–H groups in total. The molecule has 8 amide bonds. The van der Waals surface area contributed by atoms with Crippen molar-refractivity contribution in [2.75, 3.05) is 20.9 Å². The van der Waals surface area contributed by atoms with Crippen molar-refractivity contribution in [2.45, 2.75) is 49.9 Å². The number of amides is 8. The number of nitrogens with one attached hydrogen (secondary N) is 3. The topological polar surface area (TPSA) is 279 Å². The lowest BCUT2D eigenvalue weighted by Crippen LogP contribution is -2.40. The number of phenols is 4. The maximum atomic E-state index is 15.2. The van der Waals surface area contributed by atoms with Crippen LogP contribution in [-0.2, 0) is 30.0 Å². The number of carbonyl (C=O) groups is 8. The number of ether oxygens (including phenoxy) is 2. The summed E-state index contributed by atoms with van der Waals surface area (Å²) in [7, 11) is 0. The number of allylic oxidation sites excluding steroid dienone is 4. The van der Waals surface area contributed by atoms with Gasteiger partial charge in [0.05, 0.1) is 46.4 Å². The molecule has 8 aromatic carbocycles. The number of hydrogen-bond acceptors (Lipinski definition) is 14. The zero-order valence-corrected chi connectivity index (χ0v) is 53.0. The predicted octanol–water partition coefficient (Wildman–Crippen LogP) is 13.8. The van der Waals surface area contributed by atoms with Crippen molar-refractivity contribution in [3.05, 3.63) is 239 Å². The standard InChI is InChI=1S/C76H57F6N5O14/c1-73(75(77,78)79,46-16-28-54(58(89)34-46)84-67(94)39-11-23-51(24-12-39)101-52-25-13-40(14-26-52)68(95)87-71(98)63-43-5-6-44(32-43)64(63)72(87)99)45-15-27-53(57(88)33-45)83-65(92)37-7-19-49(20-8-37)100-50-21-9-38(10-22-50)66(93)85-55-29-17-47(35-59(55)90)74(2,76(80,81)82)48-18-30-56(60(91)36-48)86-69(96)61-41-3-4-42(31-41)62(61)70(86)97/h3-30,33-36,41-44,61-64,88-91H,31-32H2,1-2H3,(H,83,92)(H,84,94)(H,85,93). The van der Waals surface area contributed by atoms with Crippen LogP contribution in [0.15, 0.2) is 194 Å². The van der Waals surface area contributed by atoms with Crippen molar-refractivity contribution in [1.82, 2.24) is 4.90 Å². The Kier molecular flexibility index (Phi) is 16.0. The molecule has 0 spiro atoms. The molecule has 14 rings (SSSR count). The number of carbonyl (C=O) groups excluding carboxylic acids is 8. The van der Waals surface area contributed by atoms with E-state index in [1.165, 1.54) is 97.1 Å². The Morgan fingerprint density at radius 3 is 0.950 bits per heavy atom. The maximum Gasteiger partial charge on any atom is 0.402 e. The van der Waals surface area contributed by atoms with Crippen molar-refractivity contribution < 1.29 is 94.6 Å². The fraction of sp³-hybridized carbons (Fsp3) is 0.211. The van der Waals surface area contributed by atoms with E-state index < -0.39 is 139 Å². The molecule has 2 heterocycles. The Morgan fingerprint density at radius 2 is 0.663 bits per heavy atom. The van der Waals surface area contributed by atoms with Crippen molar-refractivity contribution in [2.24, 2.45) is 47.3 Å². The lowest BCUT2D eigenvalue weighted by atomic mass is 9.75. The monoisotopic (exact) mass is 1380 g/mol. The van der Waals surface area contributed by atoms with Gasteiger partial charge in [-0.1, -0.05) is 48.6 Å². The number of hydrogen-bond donors (Lipinski definition) is 7. The van der Waals surface area contributed by atoms with Crippen LogP contribution in [0.3, 0.4) is 0 Å². The van der Waals surface area contributed by atoms with Gasteiger partial charge in [0.25, 0.3) is 23.6 Å². The number of likely N-dealkylation sites (tertiary alicyclic amines) is 1. The van der Waals surface area contributed by atoms with E-state index in [4.69, 9.17) is 9.47 Å². The molecule has 10 unspecified atom stereocenters. The second-order valence-electron chi connectivity index (χ2n) is 26.1. The Bertz CT molecular complexity index is 4830. The summed E-state index contributed by atoms with van der Waals surface area (Å²) in [5.74, 6) is -9.58. The normalized spacial score (nSPS) is 22.0. The fourth-order valence-corrected chi connectivity index (χ4v) is 14.8. The molecule has 6 aliphatic rings. The second-order valence-corrected chi connectivity index (χ2v) is 26.1. The van der Waals surface area contributed by atoms with E-state index in [0.717, 1.165) is 103 Å². The second kappa shape index (κ2) is 24.5. The van der Waals surface area contributed by atoms with Gasteiger partial charge in [-0.3, -0.25) is 38.4 Å². The third-order valence-corrected chi connectivity index (χ3v) is 20.5. The summed E-state index contributed by atoms with van der Waals surface area (Å²) in [6, 6.07) is 34.5. The summed E-state index contributed by atoms with van der Waals surface area (Å²) in [6.07, 6.45) is -1.03. The summed E-state index contributed by atoms with van der Waals surface area (Å²) in [5.41, 5.74) is -8.30. The Morgan fingerprint density at radius 1 is 0.386 bits per heavy atom. The predicted molar refractivity (Wildman–Crippen MR) is 351 cm³/mol. The van der Waals surface area contributed by atoms with E-state index >= 15 is 26.3 Å². The van der Waals surface area contributed by atoms with Crippen LogP contribution in [-0.4, -0.2) is 84.9 Å². The Labute approximate surface area is 569 Å². The molecule has 4 bridgehead atoms. The molecule has 2 saturated heterocycles. The van der Waals surface area contributed by atoms with Crippen molar-refractivity contribution >= 4 is 70.0 Å². The van der Waals surface area contributed by atoms with E-state index in [-0.39, 0.29) is 91.7 Å². The van der Waals surface area contributed by atoms with Crippen LogP contribution < -0.4 is 30.3 Å². The van der Waals surface area contributed by atoms with Crippen LogP contribution in [0.1, 0.15) is 90.4 Å². The van der Waals surface area contributed by atoms with Gasteiger partial charge in [-0.25, -0.2) is 9.80 Å². The number of fused-ring (bicyclic) bond motifs is 10. The van der Waals surface area contributed by atoms with E-state index in [2.05, 4.69) is 16.0 Å². The minimum absolute atomic E-state index is 0.0369. The zero-order valence-electron chi connectivity index (χ0n) is 53.0. The van der Waals surface area contributed by atoms with Gasteiger partial charge in [0, 0.05) is 22.3 Å². The zero-order chi connectivity index (χ0) is 71.5. The van der Waals surface area contributed by atoms with Gasteiger partial charge in [0.15, 0.2) is 0 Å². The quantitative estimate of drug-likeness (QED) is 0.0205. The number of phenolic OH excluding ortho intramolecular Hbond substituents is 4. The van der Waals surface area contributed by atoms with Crippen LogP contribution in [0.4, 0.5) is 49.1 Å². The number of anilines is 4. The highest BCUT2D eigenvalue weighted by molar-refractivity contribution is 6.24. The molecule has 19 nitrogen and oxygen atoms in total. The number of alkyl halides is 6. The minimum atomic E-state index is -5.04. The Hall–Kier alpha value is -12.0. The highest BCUT2D eigenvalue weighted by Gasteiger charge is 2.62. The van der Waals surface area contributed by atoms with Crippen LogP contribution in [0, 0.1) is 47.3 Å². The Balaban J connectivity index is 0.567. The van der Waals surface area contributed by atoms with Crippen molar-refractivity contribution in [3.63, 3.8) is 0 Å². The van der Waals surface area contributed by atoms with E-state index in [9.17, 15) is 58.8 Å². The average molecular weight is 1380 g/mol. The SMILES string of the molecule is CC(c1ccc(NC(=O)c2ccc(Oc3ccc(C(=O)Nc4ccc(C(C)(c5ccc(N6C(=O)C7C8C=CC(C8)C7C6=O)c(O)c5)C(F)(F)F)cc4O)cc3)cc2)c(O)c1)(c1ccc(NC(=O)c2ccc(Oc3ccc(C(=O)N4C(=O)C5C6C=CC(C6)C5C4=O)cc3)cc2)c(O)c1)C(F)(F)F. The van der Waals surface area contributed by atoms with Crippen LogP contribution in [0.25, 0.3) is 0 Å². The highest BCUT2D eigenvalue weighted by Crippen LogP contribution is 2.57. The number of nitrogens with zero attached hydrogens (tertiary/aromatic N) is 2. The summed E-state index contributed by atoms with van der Waals surface area (Å²) < 4.78 is 103. The molecular weight excluding hydrogens is 1320 g/mol. The van der Waals surface area contributed by atoms with Gasteiger partial charge < -0.3 is 45.9 Å². The lowest BCUT2D eigenvalue weighted by molar-refractivity contribution is -0.173. The maximum absolute atomic E-state index is 15.2. The van der Waals surface area contributed by atoms with Crippen molar-refractivity contribution in [3.8, 4) is 46.0 Å². The molecule has 2 saturated carbocycles. The van der Waals surface area contributed by atoms with Gasteiger partial charge in [0.1, 0.15) is 56.8 Å². The van der Waals surface area contributed by atoms with Crippen LogP contribution in [0.5, 0.6) is 46.0 Å². The number of aromatic hydroxyl groups is 4. The molecule has 2 aliphatic heterocycles. The average Bonchev–Trinajstić information content (AvgIpc) is 1.59. The van der Waals surface area contributed by atoms with E-state index in [1.54, 1.807) is 0 Å². The summed E-state index contributed by atoms with van der Waals surface area (Å²) >= 11 is 0. The molecule has 10 atom stereocenters. The van der Waals surface area contributed by atoms with Crippen LogP contribution in [0.2, 0.25) is 0 Å². The molecule has 8 aromatic rings. The van der Waals surface area contributed by atoms with E-state index in [1.807, 2.05) is 24.3 Å². The minimum Gasteiger partial charge on any atom is -0.506 e. The van der Waals surface area contributed by atoms with Gasteiger partial charge in [-0.15, -0.1) is 0 Å². The van der Waals surface area contributed by atoms with E-state index in [0.29, 0.717) is 6.42 Å². The first-order valence-electron chi connectivity index (χ1n) is 31.8. The molecule has 4 fully saturated rings. The molecule has 4 aliphatic carbocycles. The first-order chi connectivity index (χ1) is 48.0. The first kappa shape index (κ1) is 66.2. The number of benzene rings is 8. The molecular formula is C76H57F6N5O14. The number of imide groups is 4. The van der Waals surface area contributed by atoms with Gasteiger partial charge in [-0.05, 0) is 218 Å².